The molecule has 2 aromatic carbocycles. The number of carbonyl (C=O) groups is 1. The summed E-state index contributed by atoms with van der Waals surface area (Å²) in [5.74, 6) is 1.80. The summed E-state index contributed by atoms with van der Waals surface area (Å²) in [6, 6.07) is 14.6. The maximum Gasteiger partial charge on any atom is 0.234 e. The molecule has 0 spiro atoms. The minimum Gasteiger partial charge on any atom is -0.325 e. The van der Waals surface area contributed by atoms with Gasteiger partial charge in [-0.3, -0.25) is 4.79 Å². The predicted octanol–water partition coefficient (Wildman–Crippen LogP) is 5.30. The van der Waals surface area contributed by atoms with Crippen LogP contribution < -0.4 is 5.32 Å². The molecule has 0 saturated carbocycles. The third kappa shape index (κ3) is 5.14. The number of benzene rings is 2. The Hall–Kier alpha value is -1.74. The van der Waals surface area contributed by atoms with E-state index in [1.54, 1.807) is 11.8 Å². The van der Waals surface area contributed by atoms with Crippen molar-refractivity contribution >= 4 is 23.4 Å². The zero-order valence-electron chi connectivity index (χ0n) is 14.3. The van der Waals surface area contributed by atoms with Gasteiger partial charge in [-0.25, -0.2) is 0 Å². The van der Waals surface area contributed by atoms with Crippen LogP contribution in [0.4, 0.5) is 5.69 Å². The summed E-state index contributed by atoms with van der Waals surface area (Å²) in [4.78, 5) is 12.3. The number of amides is 1. The normalized spacial score (nSPS) is 10.8. The molecule has 0 bridgehead atoms. The van der Waals surface area contributed by atoms with E-state index in [1.165, 1.54) is 16.7 Å². The number of rotatable bonds is 6. The predicted molar refractivity (Wildman–Crippen MR) is 101 cm³/mol. The van der Waals surface area contributed by atoms with Crippen molar-refractivity contribution in [2.45, 2.75) is 39.4 Å². The summed E-state index contributed by atoms with van der Waals surface area (Å²) >= 11 is 1.65. The van der Waals surface area contributed by atoms with Crippen molar-refractivity contribution in [2.24, 2.45) is 0 Å². The van der Waals surface area contributed by atoms with E-state index in [0.29, 0.717) is 11.7 Å². The summed E-state index contributed by atoms with van der Waals surface area (Å²) in [7, 11) is 0. The lowest BCUT2D eigenvalue weighted by Crippen LogP contribution is -2.16. The summed E-state index contributed by atoms with van der Waals surface area (Å²) in [5, 5.41) is 3.10. The quantitative estimate of drug-likeness (QED) is 0.780. The fourth-order valence-corrected chi connectivity index (χ4v) is 3.36. The number of nitrogens with one attached hydrogen (secondary N) is 1. The van der Waals surface area contributed by atoms with Gasteiger partial charge in [0, 0.05) is 11.4 Å². The monoisotopic (exact) mass is 327 g/mol. The number of para-hydroxylation sites is 1. The van der Waals surface area contributed by atoms with Crippen LogP contribution in [0, 0.1) is 13.8 Å². The summed E-state index contributed by atoms with van der Waals surface area (Å²) in [5.41, 5.74) is 5.81. The van der Waals surface area contributed by atoms with Crippen LogP contribution in [0.3, 0.4) is 0 Å². The second-order valence-electron chi connectivity index (χ2n) is 6.22. The first-order chi connectivity index (χ1) is 11.0. The van der Waals surface area contributed by atoms with Gasteiger partial charge in [-0.05, 0) is 36.5 Å². The number of hydrogen-bond acceptors (Lipinski definition) is 2. The lowest BCUT2D eigenvalue weighted by molar-refractivity contribution is -0.113. The van der Waals surface area contributed by atoms with Crippen molar-refractivity contribution in [1.29, 1.82) is 0 Å². The SMILES string of the molecule is Cc1cccc(CSCC(=O)Nc2c(C)cccc2C(C)C)c1. The first-order valence-electron chi connectivity index (χ1n) is 8.00. The molecule has 0 saturated heterocycles. The highest BCUT2D eigenvalue weighted by atomic mass is 32.2. The van der Waals surface area contributed by atoms with Gasteiger partial charge in [0.25, 0.3) is 0 Å². The molecule has 0 aromatic heterocycles. The molecule has 1 N–H and O–H groups in total. The maximum absolute atomic E-state index is 12.3. The van der Waals surface area contributed by atoms with E-state index < -0.39 is 0 Å². The Bertz CT molecular complexity index is 679. The molecule has 122 valence electrons. The van der Waals surface area contributed by atoms with Crippen LogP contribution in [0.1, 0.15) is 42.0 Å². The zero-order valence-corrected chi connectivity index (χ0v) is 15.2. The molecule has 0 atom stereocenters. The average Bonchev–Trinajstić information content (AvgIpc) is 2.49. The van der Waals surface area contributed by atoms with E-state index in [0.717, 1.165) is 17.0 Å². The molecule has 2 rings (SSSR count). The highest BCUT2D eigenvalue weighted by Gasteiger charge is 2.12. The van der Waals surface area contributed by atoms with Gasteiger partial charge in [0.2, 0.25) is 5.91 Å². The van der Waals surface area contributed by atoms with Gasteiger partial charge in [0.05, 0.1) is 5.75 Å². The second kappa shape index (κ2) is 8.21. The smallest absolute Gasteiger partial charge is 0.234 e. The zero-order chi connectivity index (χ0) is 16.8. The van der Waals surface area contributed by atoms with Crippen molar-refractivity contribution in [3.05, 3.63) is 64.7 Å². The first kappa shape index (κ1) is 17.6. The number of hydrogen-bond donors (Lipinski definition) is 1. The number of anilines is 1. The van der Waals surface area contributed by atoms with Gasteiger partial charge in [-0.15, -0.1) is 11.8 Å². The molecule has 1 amide bonds. The van der Waals surface area contributed by atoms with Gasteiger partial charge in [0.1, 0.15) is 0 Å². The molecule has 23 heavy (non-hydrogen) atoms. The van der Waals surface area contributed by atoms with Gasteiger partial charge >= 0.3 is 0 Å². The minimum atomic E-state index is 0.0684. The fraction of sp³-hybridized carbons (Fsp3) is 0.350. The van der Waals surface area contributed by atoms with Gasteiger partial charge in [-0.1, -0.05) is 61.9 Å². The van der Waals surface area contributed by atoms with Crippen LogP contribution in [0.25, 0.3) is 0 Å². The Kier molecular flexibility index (Phi) is 6.28. The van der Waals surface area contributed by atoms with Gasteiger partial charge < -0.3 is 5.32 Å². The molecule has 0 fully saturated rings. The number of carbonyl (C=O) groups excluding carboxylic acids is 1. The maximum atomic E-state index is 12.3. The van der Waals surface area contributed by atoms with Crippen LogP contribution >= 0.6 is 11.8 Å². The molecule has 3 heteroatoms. The van der Waals surface area contributed by atoms with E-state index in [9.17, 15) is 4.79 Å². The van der Waals surface area contributed by atoms with Crippen LogP contribution in [0.5, 0.6) is 0 Å². The highest BCUT2D eigenvalue weighted by Crippen LogP contribution is 2.27. The van der Waals surface area contributed by atoms with Crippen LogP contribution in [0.15, 0.2) is 42.5 Å². The van der Waals surface area contributed by atoms with Crippen molar-refractivity contribution in [3.8, 4) is 0 Å². The number of aryl methyl sites for hydroxylation is 2. The Morgan fingerprint density at radius 1 is 1.13 bits per heavy atom. The van der Waals surface area contributed by atoms with Gasteiger partial charge in [0.15, 0.2) is 0 Å². The molecule has 0 radical (unpaired) electrons. The standard InChI is InChI=1S/C20H25NOS/c1-14(2)18-10-6-8-16(4)20(18)21-19(22)13-23-12-17-9-5-7-15(3)11-17/h5-11,14H,12-13H2,1-4H3,(H,21,22). The van der Waals surface area contributed by atoms with E-state index >= 15 is 0 Å². The third-order valence-corrected chi connectivity index (χ3v) is 4.78. The van der Waals surface area contributed by atoms with Crippen LogP contribution in [0.2, 0.25) is 0 Å². The van der Waals surface area contributed by atoms with E-state index in [4.69, 9.17) is 0 Å². The molecule has 2 nitrogen and oxygen atoms in total. The average molecular weight is 327 g/mol. The lowest BCUT2D eigenvalue weighted by atomic mass is 9.98. The summed E-state index contributed by atoms with van der Waals surface area (Å²) in [6.45, 7) is 8.43. The van der Waals surface area contributed by atoms with Crippen molar-refractivity contribution in [2.75, 3.05) is 11.1 Å². The molecule has 0 heterocycles. The molecule has 0 aliphatic carbocycles. The molecule has 0 aliphatic heterocycles. The highest BCUT2D eigenvalue weighted by molar-refractivity contribution is 7.99. The van der Waals surface area contributed by atoms with E-state index in [1.807, 2.05) is 19.1 Å². The number of thioether (sulfide) groups is 1. The van der Waals surface area contributed by atoms with E-state index in [-0.39, 0.29) is 5.91 Å². The van der Waals surface area contributed by atoms with Crippen molar-refractivity contribution < 1.29 is 4.79 Å². The molecular weight excluding hydrogens is 302 g/mol. The lowest BCUT2D eigenvalue weighted by Gasteiger charge is -2.16. The van der Waals surface area contributed by atoms with Crippen LogP contribution in [-0.2, 0) is 10.5 Å². The Labute approximate surface area is 143 Å². The van der Waals surface area contributed by atoms with Crippen LogP contribution in [-0.4, -0.2) is 11.7 Å². The fourth-order valence-electron chi connectivity index (χ4n) is 2.58. The Balaban J connectivity index is 1.93. The van der Waals surface area contributed by atoms with E-state index in [2.05, 4.69) is 56.4 Å². The Morgan fingerprint density at radius 2 is 1.87 bits per heavy atom. The molecule has 2 aromatic rings. The van der Waals surface area contributed by atoms with Crippen molar-refractivity contribution in [3.63, 3.8) is 0 Å². The summed E-state index contributed by atoms with van der Waals surface area (Å²) < 4.78 is 0. The molecule has 0 unspecified atom stereocenters. The summed E-state index contributed by atoms with van der Waals surface area (Å²) in [6.07, 6.45) is 0. The Morgan fingerprint density at radius 3 is 2.57 bits per heavy atom. The van der Waals surface area contributed by atoms with Gasteiger partial charge in [-0.2, -0.15) is 0 Å². The topological polar surface area (TPSA) is 29.1 Å². The third-order valence-electron chi connectivity index (χ3n) is 3.78. The molecule has 0 aliphatic rings. The largest absolute Gasteiger partial charge is 0.325 e. The molecular formula is C20H25NOS. The first-order valence-corrected chi connectivity index (χ1v) is 9.15. The second-order valence-corrected chi connectivity index (χ2v) is 7.21. The van der Waals surface area contributed by atoms with Crippen molar-refractivity contribution in [1.82, 2.24) is 0 Å². The minimum absolute atomic E-state index is 0.0684.